The predicted octanol–water partition coefficient (Wildman–Crippen LogP) is 2.71. The number of benzene rings is 2. The summed E-state index contributed by atoms with van der Waals surface area (Å²) >= 11 is 5.85. The minimum absolute atomic E-state index is 0.298. The molecule has 0 radical (unpaired) electrons. The molecular weight excluding hydrogens is 328 g/mol. The third-order valence-corrected chi connectivity index (χ3v) is 3.90. The van der Waals surface area contributed by atoms with Crippen molar-refractivity contribution in [3.8, 4) is 11.4 Å². The highest BCUT2D eigenvalue weighted by molar-refractivity contribution is 6.30. The first kappa shape index (κ1) is 16.1. The summed E-state index contributed by atoms with van der Waals surface area (Å²) in [6.07, 6.45) is 3.17. The van der Waals surface area contributed by atoms with E-state index in [0.717, 1.165) is 5.56 Å². The number of hydrogen-bond donors (Lipinski definition) is 0. The van der Waals surface area contributed by atoms with E-state index in [1.807, 2.05) is 24.3 Å². The van der Waals surface area contributed by atoms with Crippen molar-refractivity contribution in [2.75, 3.05) is 7.11 Å². The van der Waals surface area contributed by atoms with Crippen LogP contribution in [-0.2, 0) is 6.54 Å². The molecule has 0 aliphatic heterocycles. The molecule has 3 rings (SSSR count). The number of rotatable bonds is 4. The molecule has 2 aromatic carbocycles. The van der Waals surface area contributed by atoms with Gasteiger partial charge in [-0.3, -0.25) is 14.2 Å². The first-order valence-electron chi connectivity index (χ1n) is 7.29. The topological polar surface area (TPSA) is 53.2 Å². The lowest BCUT2D eigenvalue weighted by atomic mass is 10.2. The first-order chi connectivity index (χ1) is 11.6. The average molecular weight is 343 g/mol. The molecule has 1 aromatic heterocycles. The largest absolute Gasteiger partial charge is 0.497 e. The standard InChI is InChI=1S/C18H15ClN2O3/c1-24-16-4-2-3-13(11-16)12-20-9-10-21(18(23)17(20)22)15-7-5-14(19)6-8-15/h2-11H,12H2,1H3. The number of nitrogens with zero attached hydrogens (tertiary/aromatic N) is 2. The van der Waals surface area contributed by atoms with Gasteiger partial charge < -0.3 is 9.30 Å². The number of hydrogen-bond acceptors (Lipinski definition) is 3. The molecule has 6 heteroatoms. The Bertz CT molecular complexity index is 975. The van der Waals surface area contributed by atoms with Crippen molar-refractivity contribution in [1.29, 1.82) is 0 Å². The van der Waals surface area contributed by atoms with Crippen molar-refractivity contribution in [2.24, 2.45) is 0 Å². The van der Waals surface area contributed by atoms with E-state index in [9.17, 15) is 9.59 Å². The molecule has 0 atom stereocenters. The van der Waals surface area contributed by atoms with Crippen molar-refractivity contribution >= 4 is 11.6 Å². The lowest BCUT2D eigenvalue weighted by Gasteiger charge is -2.10. The second kappa shape index (κ2) is 6.76. The van der Waals surface area contributed by atoms with E-state index in [-0.39, 0.29) is 0 Å². The van der Waals surface area contributed by atoms with Crippen LogP contribution >= 0.6 is 11.6 Å². The second-order valence-corrected chi connectivity index (χ2v) is 5.67. The summed E-state index contributed by atoms with van der Waals surface area (Å²) in [6, 6.07) is 14.1. The molecular formula is C18H15ClN2O3. The van der Waals surface area contributed by atoms with Crippen LogP contribution in [0.25, 0.3) is 5.69 Å². The van der Waals surface area contributed by atoms with Gasteiger partial charge in [0.1, 0.15) is 5.75 Å². The van der Waals surface area contributed by atoms with Crippen molar-refractivity contribution in [1.82, 2.24) is 9.13 Å². The molecule has 0 fully saturated rings. The zero-order valence-corrected chi connectivity index (χ0v) is 13.7. The minimum atomic E-state index is -0.609. The molecule has 0 bridgehead atoms. The summed E-state index contributed by atoms with van der Waals surface area (Å²) in [5.74, 6) is 0.704. The Hall–Kier alpha value is -2.79. The quantitative estimate of drug-likeness (QED) is 0.685. The van der Waals surface area contributed by atoms with E-state index in [2.05, 4.69) is 0 Å². The average Bonchev–Trinajstić information content (AvgIpc) is 2.60. The van der Waals surface area contributed by atoms with Gasteiger partial charge in [-0.1, -0.05) is 23.7 Å². The number of aromatic nitrogens is 2. The fraction of sp³-hybridized carbons (Fsp3) is 0.111. The number of halogens is 1. The van der Waals surface area contributed by atoms with Gasteiger partial charge in [0, 0.05) is 23.1 Å². The number of methoxy groups -OCH3 is 1. The van der Waals surface area contributed by atoms with Crippen LogP contribution < -0.4 is 15.9 Å². The lowest BCUT2D eigenvalue weighted by molar-refractivity contribution is 0.414. The van der Waals surface area contributed by atoms with E-state index in [0.29, 0.717) is 23.0 Å². The van der Waals surface area contributed by atoms with Crippen LogP contribution in [0, 0.1) is 0 Å². The van der Waals surface area contributed by atoms with Crippen LogP contribution in [0.5, 0.6) is 5.75 Å². The molecule has 3 aromatic rings. The van der Waals surface area contributed by atoms with Crippen LogP contribution in [0.1, 0.15) is 5.56 Å². The molecule has 0 spiro atoms. The molecule has 24 heavy (non-hydrogen) atoms. The van der Waals surface area contributed by atoms with E-state index < -0.39 is 11.1 Å². The van der Waals surface area contributed by atoms with E-state index >= 15 is 0 Å². The number of ether oxygens (including phenoxy) is 1. The van der Waals surface area contributed by atoms with Crippen molar-refractivity contribution in [2.45, 2.75) is 6.54 Å². The normalized spacial score (nSPS) is 10.6. The highest BCUT2D eigenvalue weighted by Crippen LogP contribution is 2.13. The summed E-state index contributed by atoms with van der Waals surface area (Å²) < 4.78 is 7.85. The Morgan fingerprint density at radius 1 is 1.00 bits per heavy atom. The maximum atomic E-state index is 12.4. The summed E-state index contributed by atoms with van der Waals surface area (Å²) in [7, 11) is 1.58. The molecule has 122 valence electrons. The third kappa shape index (κ3) is 3.26. The summed E-state index contributed by atoms with van der Waals surface area (Å²) in [5, 5.41) is 0.568. The van der Waals surface area contributed by atoms with Gasteiger partial charge in [0.25, 0.3) is 0 Å². The monoisotopic (exact) mass is 342 g/mol. The maximum absolute atomic E-state index is 12.4. The molecule has 0 unspecified atom stereocenters. The molecule has 0 aliphatic rings. The smallest absolute Gasteiger partial charge is 0.320 e. The SMILES string of the molecule is COc1cccc(Cn2ccn(-c3ccc(Cl)cc3)c(=O)c2=O)c1. The minimum Gasteiger partial charge on any atom is -0.497 e. The van der Waals surface area contributed by atoms with Gasteiger partial charge >= 0.3 is 11.1 Å². The second-order valence-electron chi connectivity index (χ2n) is 5.23. The molecule has 0 saturated heterocycles. The van der Waals surface area contributed by atoms with Gasteiger partial charge in [0.2, 0.25) is 0 Å². The van der Waals surface area contributed by atoms with E-state index in [4.69, 9.17) is 16.3 Å². The Morgan fingerprint density at radius 3 is 2.46 bits per heavy atom. The van der Waals surface area contributed by atoms with Crippen LogP contribution in [0.3, 0.4) is 0 Å². The fourth-order valence-electron chi connectivity index (χ4n) is 2.41. The first-order valence-corrected chi connectivity index (χ1v) is 7.67. The summed E-state index contributed by atoms with van der Waals surface area (Å²) in [5.41, 5.74) is 0.271. The Morgan fingerprint density at radius 2 is 1.75 bits per heavy atom. The van der Waals surface area contributed by atoms with Gasteiger partial charge in [0.05, 0.1) is 13.7 Å². The van der Waals surface area contributed by atoms with Crippen molar-refractivity contribution in [3.05, 3.63) is 92.2 Å². The zero-order chi connectivity index (χ0) is 17.1. The summed E-state index contributed by atoms with van der Waals surface area (Å²) in [4.78, 5) is 24.7. The zero-order valence-electron chi connectivity index (χ0n) is 13.0. The van der Waals surface area contributed by atoms with Gasteiger partial charge in [0.15, 0.2) is 0 Å². The predicted molar refractivity (Wildman–Crippen MR) is 93.4 cm³/mol. The molecule has 0 saturated carbocycles. The van der Waals surface area contributed by atoms with Crippen molar-refractivity contribution < 1.29 is 4.74 Å². The summed E-state index contributed by atoms with van der Waals surface area (Å²) in [6.45, 7) is 0.298. The molecule has 0 amide bonds. The van der Waals surface area contributed by atoms with E-state index in [1.54, 1.807) is 43.8 Å². The Labute approximate surface area is 143 Å². The van der Waals surface area contributed by atoms with Crippen LogP contribution in [0.2, 0.25) is 5.02 Å². The lowest BCUT2D eigenvalue weighted by Crippen LogP contribution is -2.40. The van der Waals surface area contributed by atoms with Gasteiger partial charge in [-0.15, -0.1) is 0 Å². The molecule has 1 heterocycles. The van der Waals surface area contributed by atoms with Gasteiger partial charge in [-0.2, -0.15) is 0 Å². The van der Waals surface area contributed by atoms with Gasteiger partial charge in [-0.25, -0.2) is 0 Å². The highest BCUT2D eigenvalue weighted by atomic mass is 35.5. The van der Waals surface area contributed by atoms with Crippen LogP contribution in [-0.4, -0.2) is 16.2 Å². The Kier molecular flexibility index (Phi) is 4.53. The Balaban J connectivity index is 1.97. The molecule has 0 aliphatic carbocycles. The van der Waals surface area contributed by atoms with E-state index in [1.165, 1.54) is 9.13 Å². The fourth-order valence-corrected chi connectivity index (χ4v) is 2.53. The van der Waals surface area contributed by atoms with Crippen LogP contribution in [0.15, 0.2) is 70.5 Å². The molecule has 5 nitrogen and oxygen atoms in total. The van der Waals surface area contributed by atoms with Gasteiger partial charge in [-0.05, 0) is 42.0 Å². The van der Waals surface area contributed by atoms with Crippen LogP contribution in [0.4, 0.5) is 0 Å². The molecule has 0 N–H and O–H groups in total. The third-order valence-electron chi connectivity index (χ3n) is 3.65. The maximum Gasteiger partial charge on any atom is 0.320 e. The highest BCUT2D eigenvalue weighted by Gasteiger charge is 2.07. The van der Waals surface area contributed by atoms with Crippen molar-refractivity contribution in [3.63, 3.8) is 0 Å².